The Bertz CT molecular complexity index is 455. The van der Waals surface area contributed by atoms with Crippen LogP contribution in [0.5, 0.6) is 5.75 Å². The molecule has 0 amide bonds. The zero-order valence-corrected chi connectivity index (χ0v) is 11.5. The lowest BCUT2D eigenvalue weighted by Gasteiger charge is -2.40. The molecule has 18 heavy (non-hydrogen) atoms. The van der Waals surface area contributed by atoms with Gasteiger partial charge in [0, 0.05) is 17.5 Å². The predicted octanol–water partition coefficient (Wildman–Crippen LogP) is 2.92. The Morgan fingerprint density at radius 1 is 1.50 bits per heavy atom. The SMILES string of the molecule is CNCC1(C(=O)c2ccc(OC)cc2Cl)CCC1. The molecule has 98 valence electrons. The molecule has 1 aromatic rings. The largest absolute Gasteiger partial charge is 0.497 e. The van der Waals surface area contributed by atoms with Crippen molar-refractivity contribution in [2.45, 2.75) is 19.3 Å². The zero-order valence-electron chi connectivity index (χ0n) is 10.8. The summed E-state index contributed by atoms with van der Waals surface area (Å²) in [5.74, 6) is 0.823. The van der Waals surface area contributed by atoms with Gasteiger partial charge in [-0.15, -0.1) is 0 Å². The number of benzene rings is 1. The van der Waals surface area contributed by atoms with Gasteiger partial charge in [0.2, 0.25) is 0 Å². The van der Waals surface area contributed by atoms with Crippen LogP contribution in [0.25, 0.3) is 0 Å². The van der Waals surface area contributed by atoms with Gasteiger partial charge in [-0.2, -0.15) is 0 Å². The first-order chi connectivity index (χ1) is 8.63. The fourth-order valence-electron chi connectivity index (χ4n) is 2.52. The fraction of sp³-hybridized carbons (Fsp3) is 0.500. The number of hydrogen-bond acceptors (Lipinski definition) is 3. The monoisotopic (exact) mass is 267 g/mol. The fourth-order valence-corrected chi connectivity index (χ4v) is 2.78. The lowest BCUT2D eigenvalue weighted by molar-refractivity contribution is 0.0614. The molecule has 0 heterocycles. The third-order valence-electron chi connectivity index (χ3n) is 3.73. The molecule has 2 rings (SSSR count). The molecular formula is C14H18ClNO2. The predicted molar refractivity (Wildman–Crippen MR) is 72.5 cm³/mol. The van der Waals surface area contributed by atoms with Crippen molar-refractivity contribution >= 4 is 17.4 Å². The Morgan fingerprint density at radius 2 is 2.22 bits per heavy atom. The molecule has 1 saturated carbocycles. The highest BCUT2D eigenvalue weighted by Crippen LogP contribution is 2.44. The van der Waals surface area contributed by atoms with Crippen molar-refractivity contribution in [2.75, 3.05) is 20.7 Å². The van der Waals surface area contributed by atoms with E-state index in [2.05, 4.69) is 5.32 Å². The second kappa shape index (κ2) is 5.29. The first-order valence-electron chi connectivity index (χ1n) is 6.16. The van der Waals surface area contributed by atoms with Crippen molar-refractivity contribution < 1.29 is 9.53 Å². The summed E-state index contributed by atoms with van der Waals surface area (Å²) in [5, 5.41) is 3.59. The van der Waals surface area contributed by atoms with Gasteiger partial charge in [-0.05, 0) is 38.1 Å². The van der Waals surface area contributed by atoms with E-state index in [4.69, 9.17) is 16.3 Å². The van der Waals surface area contributed by atoms with Crippen LogP contribution in [0.4, 0.5) is 0 Å². The minimum Gasteiger partial charge on any atom is -0.497 e. The van der Waals surface area contributed by atoms with Crippen LogP contribution in [-0.2, 0) is 0 Å². The molecular weight excluding hydrogens is 250 g/mol. The molecule has 4 heteroatoms. The molecule has 1 fully saturated rings. The number of ether oxygens (including phenoxy) is 1. The van der Waals surface area contributed by atoms with Crippen LogP contribution in [0.2, 0.25) is 5.02 Å². The smallest absolute Gasteiger partial charge is 0.171 e. The van der Waals surface area contributed by atoms with E-state index in [9.17, 15) is 4.79 Å². The summed E-state index contributed by atoms with van der Waals surface area (Å²) >= 11 is 6.17. The summed E-state index contributed by atoms with van der Waals surface area (Å²) in [5.41, 5.74) is 0.347. The van der Waals surface area contributed by atoms with E-state index in [0.717, 1.165) is 19.3 Å². The van der Waals surface area contributed by atoms with E-state index in [1.807, 2.05) is 7.05 Å². The molecule has 1 aliphatic carbocycles. The van der Waals surface area contributed by atoms with Gasteiger partial charge in [-0.3, -0.25) is 4.79 Å². The van der Waals surface area contributed by atoms with Gasteiger partial charge < -0.3 is 10.1 Å². The van der Waals surface area contributed by atoms with E-state index in [-0.39, 0.29) is 11.2 Å². The van der Waals surface area contributed by atoms with Crippen LogP contribution < -0.4 is 10.1 Å². The number of carbonyl (C=O) groups is 1. The van der Waals surface area contributed by atoms with Crippen LogP contribution in [0, 0.1) is 5.41 Å². The van der Waals surface area contributed by atoms with Crippen molar-refractivity contribution in [3.8, 4) is 5.75 Å². The van der Waals surface area contributed by atoms with E-state index in [0.29, 0.717) is 22.9 Å². The second-order valence-corrected chi connectivity index (χ2v) is 5.25. The summed E-state index contributed by atoms with van der Waals surface area (Å²) in [6.45, 7) is 0.716. The average molecular weight is 268 g/mol. The highest BCUT2D eigenvalue weighted by molar-refractivity contribution is 6.34. The Labute approximate surface area is 112 Å². The zero-order chi connectivity index (χ0) is 13.2. The first kappa shape index (κ1) is 13.4. The van der Waals surface area contributed by atoms with Crippen molar-refractivity contribution in [3.05, 3.63) is 28.8 Å². The topological polar surface area (TPSA) is 38.3 Å². The van der Waals surface area contributed by atoms with Crippen LogP contribution in [0.1, 0.15) is 29.6 Å². The standard InChI is InChI=1S/C14H18ClNO2/c1-16-9-14(6-3-7-14)13(17)11-5-4-10(18-2)8-12(11)15/h4-5,8,16H,3,6-7,9H2,1-2H3. The van der Waals surface area contributed by atoms with E-state index >= 15 is 0 Å². The number of hydrogen-bond donors (Lipinski definition) is 1. The molecule has 3 nitrogen and oxygen atoms in total. The maximum absolute atomic E-state index is 12.6. The second-order valence-electron chi connectivity index (χ2n) is 4.84. The van der Waals surface area contributed by atoms with Gasteiger partial charge in [0.25, 0.3) is 0 Å². The number of nitrogens with one attached hydrogen (secondary N) is 1. The lowest BCUT2D eigenvalue weighted by Crippen LogP contribution is -2.45. The van der Waals surface area contributed by atoms with Gasteiger partial charge in [0.05, 0.1) is 12.1 Å². The average Bonchev–Trinajstić information content (AvgIpc) is 2.32. The summed E-state index contributed by atoms with van der Waals surface area (Å²) in [4.78, 5) is 12.6. The Hall–Kier alpha value is -1.06. The van der Waals surface area contributed by atoms with Gasteiger partial charge in [0.1, 0.15) is 5.75 Å². The highest BCUT2D eigenvalue weighted by Gasteiger charge is 2.44. The summed E-state index contributed by atoms with van der Waals surface area (Å²) < 4.78 is 5.10. The number of carbonyl (C=O) groups excluding carboxylic acids is 1. The lowest BCUT2D eigenvalue weighted by atomic mass is 9.64. The highest BCUT2D eigenvalue weighted by atomic mass is 35.5. The van der Waals surface area contributed by atoms with Crippen molar-refractivity contribution in [2.24, 2.45) is 5.41 Å². The number of ketones is 1. The molecule has 0 aliphatic heterocycles. The Balaban J connectivity index is 2.28. The molecule has 0 radical (unpaired) electrons. The quantitative estimate of drug-likeness (QED) is 0.834. The molecule has 1 aliphatic rings. The normalized spacial score (nSPS) is 17.1. The van der Waals surface area contributed by atoms with E-state index < -0.39 is 0 Å². The van der Waals surface area contributed by atoms with E-state index in [1.165, 1.54) is 0 Å². The molecule has 0 bridgehead atoms. The minimum absolute atomic E-state index is 0.149. The molecule has 0 unspecified atom stereocenters. The molecule has 0 spiro atoms. The number of halogens is 1. The van der Waals surface area contributed by atoms with Gasteiger partial charge in [-0.25, -0.2) is 0 Å². The number of methoxy groups -OCH3 is 1. The van der Waals surface area contributed by atoms with Crippen LogP contribution in [-0.4, -0.2) is 26.5 Å². The summed E-state index contributed by atoms with van der Waals surface area (Å²) in [7, 11) is 3.46. The molecule has 0 aromatic heterocycles. The third-order valence-corrected chi connectivity index (χ3v) is 4.04. The Morgan fingerprint density at radius 3 is 2.67 bits per heavy atom. The first-order valence-corrected chi connectivity index (χ1v) is 6.54. The van der Waals surface area contributed by atoms with Crippen molar-refractivity contribution in [1.29, 1.82) is 0 Å². The molecule has 1 N–H and O–H groups in total. The maximum Gasteiger partial charge on any atom is 0.171 e. The molecule has 1 aromatic carbocycles. The van der Waals surface area contributed by atoms with Crippen molar-refractivity contribution in [1.82, 2.24) is 5.32 Å². The van der Waals surface area contributed by atoms with Crippen LogP contribution in [0.15, 0.2) is 18.2 Å². The summed E-state index contributed by atoms with van der Waals surface area (Å²) in [6, 6.07) is 5.24. The molecule has 0 atom stereocenters. The van der Waals surface area contributed by atoms with E-state index in [1.54, 1.807) is 25.3 Å². The Kier molecular flexibility index (Phi) is 3.93. The van der Waals surface area contributed by atoms with Gasteiger partial charge in [0.15, 0.2) is 5.78 Å². The maximum atomic E-state index is 12.6. The number of Topliss-reactive ketones (excluding diaryl/α,β-unsaturated/α-hetero) is 1. The minimum atomic E-state index is -0.257. The molecule has 0 saturated heterocycles. The number of rotatable bonds is 5. The van der Waals surface area contributed by atoms with Crippen LogP contribution >= 0.6 is 11.6 Å². The van der Waals surface area contributed by atoms with Gasteiger partial charge in [-0.1, -0.05) is 18.0 Å². The van der Waals surface area contributed by atoms with Gasteiger partial charge >= 0.3 is 0 Å². The summed E-state index contributed by atoms with van der Waals surface area (Å²) in [6.07, 6.45) is 2.99. The van der Waals surface area contributed by atoms with Crippen molar-refractivity contribution in [3.63, 3.8) is 0 Å². The van der Waals surface area contributed by atoms with Crippen LogP contribution in [0.3, 0.4) is 0 Å². The third kappa shape index (κ3) is 2.25.